The molecular formula is C13H21N5O. The third kappa shape index (κ3) is 3.57. The number of nitrogens with one attached hydrogen (secondary N) is 2. The topological polar surface area (TPSA) is 62.2 Å². The zero-order valence-electron chi connectivity index (χ0n) is 11.4. The summed E-state index contributed by atoms with van der Waals surface area (Å²) in [6.45, 7) is 10.3. The Morgan fingerprint density at radius 3 is 3.16 bits per heavy atom. The van der Waals surface area contributed by atoms with Crippen molar-refractivity contribution in [2.75, 3.05) is 26.2 Å². The van der Waals surface area contributed by atoms with Gasteiger partial charge in [-0.25, -0.2) is 4.79 Å². The van der Waals surface area contributed by atoms with Crippen LogP contribution in [0.4, 0.5) is 4.79 Å². The number of carbonyl (C=O) groups excluding carboxylic acids is 1. The van der Waals surface area contributed by atoms with E-state index in [2.05, 4.69) is 22.3 Å². The van der Waals surface area contributed by atoms with Gasteiger partial charge >= 0.3 is 6.03 Å². The quantitative estimate of drug-likeness (QED) is 0.556. The van der Waals surface area contributed by atoms with Gasteiger partial charge in [0, 0.05) is 44.5 Å². The SMILES string of the molecule is C=CCn1cc(CNCCN2CCNC2=O)c(C)n1. The largest absolute Gasteiger partial charge is 0.336 e. The third-order valence-corrected chi connectivity index (χ3v) is 3.18. The van der Waals surface area contributed by atoms with Crippen LogP contribution in [0.1, 0.15) is 11.3 Å². The minimum absolute atomic E-state index is 0.0387. The summed E-state index contributed by atoms with van der Waals surface area (Å²) in [4.78, 5) is 13.2. The molecule has 1 fully saturated rings. The highest BCUT2D eigenvalue weighted by atomic mass is 16.2. The number of nitrogens with zero attached hydrogens (tertiary/aromatic N) is 3. The fraction of sp³-hybridized carbons (Fsp3) is 0.538. The monoisotopic (exact) mass is 263 g/mol. The average molecular weight is 263 g/mol. The molecule has 0 spiro atoms. The normalized spacial score (nSPS) is 14.8. The van der Waals surface area contributed by atoms with Crippen LogP contribution in [0.3, 0.4) is 0 Å². The smallest absolute Gasteiger partial charge is 0.317 e. The van der Waals surface area contributed by atoms with Crippen molar-refractivity contribution in [3.8, 4) is 0 Å². The van der Waals surface area contributed by atoms with Crippen molar-refractivity contribution in [2.45, 2.75) is 20.0 Å². The highest BCUT2D eigenvalue weighted by Gasteiger charge is 2.18. The van der Waals surface area contributed by atoms with Gasteiger partial charge in [-0.3, -0.25) is 4.68 Å². The Hall–Kier alpha value is -1.82. The van der Waals surface area contributed by atoms with E-state index in [1.807, 2.05) is 28.8 Å². The molecule has 0 saturated carbocycles. The lowest BCUT2D eigenvalue weighted by atomic mass is 10.2. The molecule has 0 radical (unpaired) electrons. The van der Waals surface area contributed by atoms with Crippen LogP contribution in [0, 0.1) is 6.92 Å². The maximum atomic E-state index is 11.3. The second-order valence-electron chi connectivity index (χ2n) is 4.65. The Morgan fingerprint density at radius 2 is 2.47 bits per heavy atom. The van der Waals surface area contributed by atoms with Crippen molar-refractivity contribution in [1.29, 1.82) is 0 Å². The molecule has 0 unspecified atom stereocenters. The van der Waals surface area contributed by atoms with E-state index in [1.165, 1.54) is 5.56 Å². The predicted molar refractivity (Wildman–Crippen MR) is 73.8 cm³/mol. The standard InChI is InChI=1S/C13H21N5O/c1-3-6-18-10-12(11(2)16-18)9-14-4-7-17-8-5-15-13(17)19/h3,10,14H,1,4-9H2,2H3,(H,15,19). The molecule has 104 valence electrons. The van der Waals surface area contributed by atoms with Crippen molar-refractivity contribution in [1.82, 2.24) is 25.3 Å². The Labute approximate surface area is 113 Å². The molecule has 0 aromatic carbocycles. The van der Waals surface area contributed by atoms with Gasteiger partial charge in [-0.1, -0.05) is 6.08 Å². The molecule has 2 heterocycles. The van der Waals surface area contributed by atoms with Crippen LogP contribution in [-0.4, -0.2) is 46.9 Å². The summed E-state index contributed by atoms with van der Waals surface area (Å²) in [5.74, 6) is 0. The summed E-state index contributed by atoms with van der Waals surface area (Å²) in [5, 5.41) is 10.5. The van der Waals surface area contributed by atoms with Crippen LogP contribution in [0.25, 0.3) is 0 Å². The van der Waals surface area contributed by atoms with E-state index in [9.17, 15) is 4.79 Å². The van der Waals surface area contributed by atoms with E-state index in [0.717, 1.165) is 45.0 Å². The number of hydrogen-bond donors (Lipinski definition) is 2. The van der Waals surface area contributed by atoms with Gasteiger partial charge in [-0.15, -0.1) is 6.58 Å². The van der Waals surface area contributed by atoms with Crippen molar-refractivity contribution in [3.05, 3.63) is 30.1 Å². The zero-order valence-corrected chi connectivity index (χ0v) is 11.4. The van der Waals surface area contributed by atoms with Crippen molar-refractivity contribution < 1.29 is 4.79 Å². The minimum Gasteiger partial charge on any atom is -0.336 e. The molecule has 2 amide bonds. The van der Waals surface area contributed by atoms with Gasteiger partial charge in [0.15, 0.2) is 0 Å². The first-order valence-electron chi connectivity index (χ1n) is 6.58. The van der Waals surface area contributed by atoms with Crippen LogP contribution in [-0.2, 0) is 13.1 Å². The maximum Gasteiger partial charge on any atom is 0.317 e. The summed E-state index contributed by atoms with van der Waals surface area (Å²) in [5.41, 5.74) is 2.22. The van der Waals surface area contributed by atoms with Gasteiger partial charge < -0.3 is 15.5 Å². The molecule has 0 atom stereocenters. The number of hydrogen-bond acceptors (Lipinski definition) is 3. The number of aromatic nitrogens is 2. The second kappa shape index (κ2) is 6.38. The zero-order chi connectivity index (χ0) is 13.7. The van der Waals surface area contributed by atoms with E-state index in [1.54, 1.807) is 0 Å². The van der Waals surface area contributed by atoms with Gasteiger partial charge in [0.25, 0.3) is 0 Å². The van der Waals surface area contributed by atoms with Gasteiger partial charge in [0.05, 0.1) is 12.2 Å². The first-order chi connectivity index (χ1) is 9.20. The van der Waals surface area contributed by atoms with E-state index in [4.69, 9.17) is 0 Å². The molecule has 1 aromatic rings. The Kier molecular flexibility index (Phi) is 4.57. The van der Waals surface area contributed by atoms with E-state index in [-0.39, 0.29) is 6.03 Å². The highest BCUT2D eigenvalue weighted by Crippen LogP contribution is 2.05. The van der Waals surface area contributed by atoms with Gasteiger partial charge in [-0.05, 0) is 6.92 Å². The third-order valence-electron chi connectivity index (χ3n) is 3.18. The van der Waals surface area contributed by atoms with Crippen molar-refractivity contribution in [3.63, 3.8) is 0 Å². The van der Waals surface area contributed by atoms with Crippen LogP contribution in [0.5, 0.6) is 0 Å². The first kappa shape index (κ1) is 13.6. The highest BCUT2D eigenvalue weighted by molar-refractivity contribution is 5.76. The summed E-state index contributed by atoms with van der Waals surface area (Å²) < 4.78 is 1.88. The summed E-state index contributed by atoms with van der Waals surface area (Å²) in [7, 11) is 0. The molecule has 0 bridgehead atoms. The summed E-state index contributed by atoms with van der Waals surface area (Å²) >= 11 is 0. The number of rotatable bonds is 7. The molecule has 1 aliphatic rings. The van der Waals surface area contributed by atoms with Gasteiger partial charge in [0.1, 0.15) is 0 Å². The fourth-order valence-corrected chi connectivity index (χ4v) is 2.12. The Bertz CT molecular complexity index is 454. The molecule has 6 heteroatoms. The Balaban J connectivity index is 1.73. The first-order valence-corrected chi connectivity index (χ1v) is 6.58. The number of allylic oxidation sites excluding steroid dienone is 1. The molecule has 2 rings (SSSR count). The molecule has 19 heavy (non-hydrogen) atoms. The fourth-order valence-electron chi connectivity index (χ4n) is 2.12. The average Bonchev–Trinajstić information content (AvgIpc) is 2.93. The number of urea groups is 1. The van der Waals surface area contributed by atoms with E-state index >= 15 is 0 Å². The summed E-state index contributed by atoms with van der Waals surface area (Å²) in [6.07, 6.45) is 3.86. The summed E-state index contributed by atoms with van der Waals surface area (Å²) in [6, 6.07) is 0.0387. The lowest BCUT2D eigenvalue weighted by Gasteiger charge is -2.14. The molecule has 1 aromatic heterocycles. The van der Waals surface area contributed by atoms with E-state index in [0.29, 0.717) is 0 Å². The molecule has 2 N–H and O–H groups in total. The Morgan fingerprint density at radius 1 is 1.63 bits per heavy atom. The maximum absolute atomic E-state index is 11.3. The van der Waals surface area contributed by atoms with Gasteiger partial charge in [-0.2, -0.15) is 5.10 Å². The van der Waals surface area contributed by atoms with Crippen LogP contribution in [0.15, 0.2) is 18.9 Å². The molecular weight excluding hydrogens is 242 g/mol. The minimum atomic E-state index is 0.0387. The predicted octanol–water partition coefficient (Wildman–Crippen LogP) is 0.492. The molecule has 6 nitrogen and oxygen atoms in total. The van der Waals surface area contributed by atoms with Crippen molar-refractivity contribution >= 4 is 6.03 Å². The van der Waals surface area contributed by atoms with Crippen molar-refractivity contribution in [2.24, 2.45) is 0 Å². The van der Waals surface area contributed by atoms with Crippen LogP contribution >= 0.6 is 0 Å². The lowest BCUT2D eigenvalue weighted by molar-refractivity contribution is 0.217. The lowest BCUT2D eigenvalue weighted by Crippen LogP contribution is -2.34. The van der Waals surface area contributed by atoms with Crippen LogP contribution < -0.4 is 10.6 Å². The molecule has 1 aliphatic heterocycles. The number of amides is 2. The second-order valence-corrected chi connectivity index (χ2v) is 4.65. The van der Waals surface area contributed by atoms with E-state index < -0.39 is 0 Å². The molecule has 0 aliphatic carbocycles. The number of aryl methyl sites for hydroxylation is 1. The van der Waals surface area contributed by atoms with Crippen LogP contribution in [0.2, 0.25) is 0 Å². The molecule has 1 saturated heterocycles. The van der Waals surface area contributed by atoms with Gasteiger partial charge in [0.2, 0.25) is 0 Å². The number of carbonyl (C=O) groups is 1.